The SMILES string of the molecule is CC(C)COC(=O)Nc1ccc(S(N)(=O)=O)cc1F. The van der Waals surface area contributed by atoms with Gasteiger partial charge >= 0.3 is 6.09 Å². The van der Waals surface area contributed by atoms with E-state index in [4.69, 9.17) is 9.88 Å². The van der Waals surface area contributed by atoms with Gasteiger partial charge in [0.1, 0.15) is 5.82 Å². The monoisotopic (exact) mass is 290 g/mol. The number of ether oxygens (including phenoxy) is 1. The third-order valence-electron chi connectivity index (χ3n) is 2.05. The molecule has 0 radical (unpaired) electrons. The van der Waals surface area contributed by atoms with Gasteiger partial charge in [-0.25, -0.2) is 22.7 Å². The molecular weight excluding hydrogens is 275 g/mol. The number of halogens is 1. The van der Waals surface area contributed by atoms with E-state index in [1.807, 2.05) is 13.8 Å². The predicted molar refractivity (Wildman–Crippen MR) is 67.6 cm³/mol. The third kappa shape index (κ3) is 4.84. The summed E-state index contributed by atoms with van der Waals surface area (Å²) in [5.74, 6) is -0.756. The second-order valence-electron chi connectivity index (χ2n) is 4.30. The van der Waals surface area contributed by atoms with Crippen LogP contribution in [0.2, 0.25) is 0 Å². The lowest BCUT2D eigenvalue weighted by atomic mass is 10.2. The quantitative estimate of drug-likeness (QED) is 0.881. The minimum Gasteiger partial charge on any atom is -0.449 e. The maximum absolute atomic E-state index is 13.5. The molecule has 0 fully saturated rings. The highest BCUT2D eigenvalue weighted by Crippen LogP contribution is 2.18. The Morgan fingerprint density at radius 2 is 2.11 bits per heavy atom. The Labute approximate surface area is 110 Å². The van der Waals surface area contributed by atoms with Gasteiger partial charge in [-0.15, -0.1) is 0 Å². The number of anilines is 1. The van der Waals surface area contributed by atoms with E-state index in [1.165, 1.54) is 0 Å². The molecule has 0 atom stereocenters. The third-order valence-corrected chi connectivity index (χ3v) is 2.96. The molecule has 0 heterocycles. The number of amides is 1. The van der Waals surface area contributed by atoms with Crippen LogP contribution in [-0.2, 0) is 14.8 Å². The summed E-state index contributed by atoms with van der Waals surface area (Å²) in [6.07, 6.45) is -0.809. The molecule has 1 aromatic carbocycles. The molecule has 0 saturated heterocycles. The summed E-state index contributed by atoms with van der Waals surface area (Å²) in [5.41, 5.74) is -0.179. The number of rotatable bonds is 4. The van der Waals surface area contributed by atoms with Gasteiger partial charge in [-0.3, -0.25) is 5.32 Å². The first kappa shape index (κ1) is 15.4. The molecule has 1 rings (SSSR count). The van der Waals surface area contributed by atoms with E-state index >= 15 is 0 Å². The van der Waals surface area contributed by atoms with Crippen LogP contribution in [0.4, 0.5) is 14.9 Å². The fraction of sp³-hybridized carbons (Fsp3) is 0.364. The number of benzene rings is 1. The van der Waals surface area contributed by atoms with Crippen LogP contribution in [0.25, 0.3) is 0 Å². The van der Waals surface area contributed by atoms with Crippen LogP contribution in [0.15, 0.2) is 23.1 Å². The van der Waals surface area contributed by atoms with Crippen molar-refractivity contribution in [2.24, 2.45) is 11.1 Å². The number of carbonyl (C=O) groups is 1. The molecule has 0 saturated carbocycles. The largest absolute Gasteiger partial charge is 0.449 e. The second kappa shape index (κ2) is 5.98. The molecule has 1 aromatic rings. The van der Waals surface area contributed by atoms with Crippen molar-refractivity contribution in [3.63, 3.8) is 0 Å². The van der Waals surface area contributed by atoms with E-state index < -0.39 is 21.9 Å². The highest BCUT2D eigenvalue weighted by molar-refractivity contribution is 7.89. The van der Waals surface area contributed by atoms with E-state index in [1.54, 1.807) is 0 Å². The van der Waals surface area contributed by atoms with Crippen LogP contribution >= 0.6 is 0 Å². The molecule has 106 valence electrons. The predicted octanol–water partition coefficient (Wildman–Crippen LogP) is 1.68. The van der Waals surface area contributed by atoms with Crippen molar-refractivity contribution in [3.8, 4) is 0 Å². The topological polar surface area (TPSA) is 98.5 Å². The van der Waals surface area contributed by atoms with Gasteiger partial charge in [-0.1, -0.05) is 13.8 Å². The van der Waals surface area contributed by atoms with E-state index in [9.17, 15) is 17.6 Å². The smallest absolute Gasteiger partial charge is 0.411 e. The maximum Gasteiger partial charge on any atom is 0.411 e. The molecule has 0 spiro atoms. The van der Waals surface area contributed by atoms with Gasteiger partial charge in [0, 0.05) is 0 Å². The van der Waals surface area contributed by atoms with Crippen LogP contribution in [-0.4, -0.2) is 21.1 Å². The van der Waals surface area contributed by atoms with Crippen molar-refractivity contribution in [2.75, 3.05) is 11.9 Å². The summed E-state index contributed by atoms with van der Waals surface area (Å²) in [7, 11) is -3.98. The lowest BCUT2D eigenvalue weighted by Crippen LogP contribution is -2.18. The van der Waals surface area contributed by atoms with E-state index in [-0.39, 0.29) is 23.1 Å². The Balaban J connectivity index is 2.78. The molecule has 0 aliphatic carbocycles. The molecule has 6 nitrogen and oxygen atoms in total. The highest BCUT2D eigenvalue weighted by atomic mass is 32.2. The number of sulfonamides is 1. The molecule has 0 bridgehead atoms. The Hall–Kier alpha value is -1.67. The van der Waals surface area contributed by atoms with Gasteiger partial charge in [0.2, 0.25) is 10.0 Å². The summed E-state index contributed by atoms with van der Waals surface area (Å²) in [5, 5.41) is 7.02. The summed E-state index contributed by atoms with van der Waals surface area (Å²) in [6.45, 7) is 3.91. The summed E-state index contributed by atoms with van der Waals surface area (Å²) < 4.78 is 40.3. The van der Waals surface area contributed by atoms with E-state index in [0.29, 0.717) is 0 Å². The zero-order chi connectivity index (χ0) is 14.6. The lowest BCUT2D eigenvalue weighted by molar-refractivity contribution is 0.147. The van der Waals surface area contributed by atoms with Gasteiger partial charge in [-0.05, 0) is 24.1 Å². The fourth-order valence-corrected chi connectivity index (χ4v) is 1.69. The highest BCUT2D eigenvalue weighted by Gasteiger charge is 2.13. The average Bonchev–Trinajstić information content (AvgIpc) is 2.27. The summed E-state index contributed by atoms with van der Waals surface area (Å²) in [6, 6.07) is 2.93. The van der Waals surface area contributed by atoms with Crippen molar-refractivity contribution < 1.29 is 22.3 Å². The number of nitrogens with one attached hydrogen (secondary N) is 1. The normalized spacial score (nSPS) is 11.4. The number of hydrogen-bond donors (Lipinski definition) is 2. The first-order chi connectivity index (χ1) is 8.70. The first-order valence-corrected chi connectivity index (χ1v) is 7.01. The Bertz CT molecular complexity index is 572. The Kier molecular flexibility index (Phi) is 4.84. The van der Waals surface area contributed by atoms with Crippen molar-refractivity contribution in [1.82, 2.24) is 0 Å². The molecule has 0 aromatic heterocycles. The summed E-state index contributed by atoms with van der Waals surface area (Å²) in [4.78, 5) is 10.9. The average molecular weight is 290 g/mol. The zero-order valence-corrected chi connectivity index (χ0v) is 11.3. The fourth-order valence-electron chi connectivity index (χ4n) is 1.16. The number of carbonyl (C=O) groups excluding carboxylic acids is 1. The second-order valence-corrected chi connectivity index (χ2v) is 5.87. The molecule has 1 amide bonds. The van der Waals surface area contributed by atoms with Crippen LogP contribution < -0.4 is 10.5 Å². The number of hydrogen-bond acceptors (Lipinski definition) is 4. The van der Waals surface area contributed by atoms with Crippen molar-refractivity contribution in [2.45, 2.75) is 18.7 Å². The molecule has 0 unspecified atom stereocenters. The van der Waals surface area contributed by atoms with E-state index in [2.05, 4.69) is 5.32 Å². The maximum atomic E-state index is 13.5. The Morgan fingerprint density at radius 1 is 1.47 bits per heavy atom. The molecule has 3 N–H and O–H groups in total. The number of nitrogens with two attached hydrogens (primary N) is 1. The minimum atomic E-state index is -3.98. The zero-order valence-electron chi connectivity index (χ0n) is 10.5. The van der Waals surface area contributed by atoms with Crippen LogP contribution in [0.3, 0.4) is 0 Å². The van der Waals surface area contributed by atoms with Gasteiger partial charge < -0.3 is 4.74 Å². The molecule has 19 heavy (non-hydrogen) atoms. The van der Waals surface area contributed by atoms with Crippen molar-refractivity contribution >= 4 is 21.8 Å². The standard InChI is InChI=1S/C11H15FN2O4S/c1-7(2)6-18-11(15)14-10-4-3-8(5-9(10)12)19(13,16)17/h3-5,7H,6H2,1-2H3,(H,14,15)(H2,13,16,17). The van der Waals surface area contributed by atoms with Crippen LogP contribution in [0, 0.1) is 11.7 Å². The van der Waals surface area contributed by atoms with Gasteiger partial charge in [0.25, 0.3) is 0 Å². The van der Waals surface area contributed by atoms with Crippen molar-refractivity contribution in [1.29, 1.82) is 0 Å². The van der Waals surface area contributed by atoms with E-state index in [0.717, 1.165) is 18.2 Å². The Morgan fingerprint density at radius 3 is 2.58 bits per heavy atom. The molecule has 0 aliphatic heterocycles. The molecule has 0 aliphatic rings. The van der Waals surface area contributed by atoms with Crippen LogP contribution in [0.5, 0.6) is 0 Å². The minimum absolute atomic E-state index is 0.153. The summed E-state index contributed by atoms with van der Waals surface area (Å²) >= 11 is 0. The van der Waals surface area contributed by atoms with Crippen molar-refractivity contribution in [3.05, 3.63) is 24.0 Å². The van der Waals surface area contributed by atoms with Gasteiger partial charge in [0.05, 0.1) is 17.2 Å². The molecular formula is C11H15FN2O4S. The lowest BCUT2D eigenvalue weighted by Gasteiger charge is -2.09. The first-order valence-electron chi connectivity index (χ1n) is 5.46. The number of primary sulfonamides is 1. The van der Waals surface area contributed by atoms with Gasteiger partial charge in [0.15, 0.2) is 0 Å². The van der Waals surface area contributed by atoms with Gasteiger partial charge in [-0.2, -0.15) is 0 Å². The molecule has 8 heteroatoms. The van der Waals surface area contributed by atoms with Crippen LogP contribution in [0.1, 0.15) is 13.8 Å².